The van der Waals surface area contributed by atoms with Crippen molar-refractivity contribution in [1.82, 2.24) is 10.2 Å². The standard InChI is InChI=1S/C20H21ClN4O/c1-20(22-2)13-25(14-20)12-16-5-9-18(10-6-16)24-19(26)23-11-15-3-7-17(21)8-4-15/h3-10H,11-14H2,1H3,(H2,23,24,26). The number of nitrogens with one attached hydrogen (secondary N) is 2. The number of hydrogen-bond donors (Lipinski definition) is 2. The van der Waals surface area contributed by atoms with Crippen molar-refractivity contribution in [3.8, 4) is 0 Å². The molecule has 0 bridgehead atoms. The summed E-state index contributed by atoms with van der Waals surface area (Å²) in [5.41, 5.74) is 2.69. The predicted molar refractivity (Wildman–Crippen MR) is 104 cm³/mol. The Kier molecular flexibility index (Phi) is 5.46. The highest BCUT2D eigenvalue weighted by atomic mass is 35.5. The molecule has 134 valence electrons. The summed E-state index contributed by atoms with van der Waals surface area (Å²) in [4.78, 5) is 17.9. The molecule has 1 aliphatic heterocycles. The van der Waals surface area contributed by atoms with Crippen molar-refractivity contribution in [2.45, 2.75) is 25.6 Å². The number of anilines is 1. The van der Waals surface area contributed by atoms with Crippen molar-refractivity contribution in [2.24, 2.45) is 0 Å². The molecular formula is C20H21ClN4O. The van der Waals surface area contributed by atoms with Gasteiger partial charge in [-0.1, -0.05) is 35.9 Å². The highest BCUT2D eigenvalue weighted by Crippen LogP contribution is 2.26. The van der Waals surface area contributed by atoms with Gasteiger partial charge in [0.1, 0.15) is 0 Å². The van der Waals surface area contributed by atoms with E-state index in [0.717, 1.165) is 30.9 Å². The topological polar surface area (TPSA) is 48.7 Å². The van der Waals surface area contributed by atoms with Crippen LogP contribution in [0.15, 0.2) is 48.5 Å². The highest BCUT2D eigenvalue weighted by molar-refractivity contribution is 6.30. The third-order valence-electron chi connectivity index (χ3n) is 4.38. The molecule has 0 atom stereocenters. The largest absolute Gasteiger partial charge is 0.334 e. The summed E-state index contributed by atoms with van der Waals surface area (Å²) >= 11 is 5.84. The molecule has 2 amide bonds. The summed E-state index contributed by atoms with van der Waals surface area (Å²) in [6, 6.07) is 14.9. The Labute approximate surface area is 158 Å². The molecule has 0 aromatic heterocycles. The van der Waals surface area contributed by atoms with Crippen LogP contribution >= 0.6 is 11.6 Å². The first-order valence-corrected chi connectivity index (χ1v) is 8.83. The minimum Gasteiger partial charge on any atom is -0.334 e. The summed E-state index contributed by atoms with van der Waals surface area (Å²) < 4.78 is 0. The molecule has 1 saturated heterocycles. The SMILES string of the molecule is [C-]#[N+]C1(C)CN(Cc2ccc(NC(=O)NCc3ccc(Cl)cc3)cc2)C1. The second kappa shape index (κ2) is 7.77. The average molecular weight is 369 g/mol. The first-order chi connectivity index (χ1) is 12.5. The minimum absolute atomic E-state index is 0.219. The van der Waals surface area contributed by atoms with Gasteiger partial charge in [-0.25, -0.2) is 11.4 Å². The maximum Gasteiger partial charge on any atom is 0.319 e. The van der Waals surface area contributed by atoms with E-state index < -0.39 is 0 Å². The molecule has 26 heavy (non-hydrogen) atoms. The maximum atomic E-state index is 12.0. The van der Waals surface area contributed by atoms with Gasteiger partial charge >= 0.3 is 6.03 Å². The van der Waals surface area contributed by atoms with Crippen LogP contribution in [0.4, 0.5) is 10.5 Å². The van der Waals surface area contributed by atoms with Crippen molar-refractivity contribution in [1.29, 1.82) is 0 Å². The highest BCUT2D eigenvalue weighted by Gasteiger charge is 2.44. The van der Waals surface area contributed by atoms with E-state index in [1.807, 2.05) is 43.3 Å². The van der Waals surface area contributed by atoms with Crippen LogP contribution < -0.4 is 10.6 Å². The van der Waals surface area contributed by atoms with Crippen LogP contribution in [-0.2, 0) is 13.1 Å². The fourth-order valence-electron chi connectivity index (χ4n) is 3.01. The fourth-order valence-corrected chi connectivity index (χ4v) is 3.14. The Morgan fingerprint density at radius 2 is 1.77 bits per heavy atom. The lowest BCUT2D eigenvalue weighted by molar-refractivity contribution is 0.102. The number of nitrogens with zero attached hydrogens (tertiary/aromatic N) is 2. The normalized spacial score (nSPS) is 15.6. The van der Waals surface area contributed by atoms with E-state index in [4.69, 9.17) is 18.2 Å². The predicted octanol–water partition coefficient (Wildman–Crippen LogP) is 4.16. The molecule has 5 nitrogen and oxygen atoms in total. The summed E-state index contributed by atoms with van der Waals surface area (Å²) in [7, 11) is 0. The van der Waals surface area contributed by atoms with Crippen LogP contribution in [0.2, 0.25) is 5.02 Å². The molecule has 0 unspecified atom stereocenters. The van der Waals surface area contributed by atoms with Crippen molar-refractivity contribution in [3.05, 3.63) is 76.1 Å². The van der Waals surface area contributed by atoms with Gasteiger partial charge in [0.15, 0.2) is 0 Å². The van der Waals surface area contributed by atoms with E-state index >= 15 is 0 Å². The first kappa shape index (κ1) is 18.2. The second-order valence-electron chi connectivity index (χ2n) is 6.88. The van der Waals surface area contributed by atoms with E-state index in [9.17, 15) is 4.79 Å². The second-order valence-corrected chi connectivity index (χ2v) is 7.32. The van der Waals surface area contributed by atoms with Crippen LogP contribution in [0.1, 0.15) is 18.1 Å². The van der Waals surface area contributed by atoms with Crippen LogP contribution in [-0.4, -0.2) is 29.6 Å². The number of halogens is 1. The fraction of sp³-hybridized carbons (Fsp3) is 0.300. The van der Waals surface area contributed by atoms with Gasteiger partial charge < -0.3 is 15.5 Å². The third-order valence-corrected chi connectivity index (χ3v) is 4.63. The van der Waals surface area contributed by atoms with Gasteiger partial charge in [-0.2, -0.15) is 0 Å². The number of benzene rings is 2. The molecule has 1 fully saturated rings. The number of amides is 2. The van der Waals surface area contributed by atoms with Gasteiger partial charge in [0.25, 0.3) is 5.54 Å². The summed E-state index contributed by atoms with van der Waals surface area (Å²) in [5, 5.41) is 6.32. The molecule has 3 rings (SSSR count). The lowest BCUT2D eigenvalue weighted by Gasteiger charge is -2.38. The van der Waals surface area contributed by atoms with Crippen LogP contribution in [0.25, 0.3) is 4.85 Å². The average Bonchev–Trinajstić information content (AvgIpc) is 2.61. The van der Waals surface area contributed by atoms with Crippen LogP contribution in [0.3, 0.4) is 0 Å². The number of carbonyl (C=O) groups excluding carboxylic acids is 1. The molecule has 1 aliphatic rings. The van der Waals surface area contributed by atoms with E-state index in [2.05, 4.69) is 20.4 Å². The smallest absolute Gasteiger partial charge is 0.319 e. The Balaban J connectivity index is 1.44. The van der Waals surface area contributed by atoms with E-state index in [-0.39, 0.29) is 11.6 Å². The Morgan fingerprint density at radius 1 is 1.15 bits per heavy atom. The van der Waals surface area contributed by atoms with Crippen molar-refractivity contribution in [2.75, 3.05) is 18.4 Å². The zero-order valence-corrected chi connectivity index (χ0v) is 15.4. The lowest BCUT2D eigenvalue weighted by atomic mass is 9.93. The summed E-state index contributed by atoms with van der Waals surface area (Å²) in [6.07, 6.45) is 0. The van der Waals surface area contributed by atoms with Gasteiger partial charge in [0, 0.05) is 30.7 Å². The lowest BCUT2D eigenvalue weighted by Crippen LogP contribution is -2.57. The van der Waals surface area contributed by atoms with Crippen molar-refractivity contribution >= 4 is 23.3 Å². The van der Waals surface area contributed by atoms with Gasteiger partial charge in [-0.05, 0) is 35.4 Å². The van der Waals surface area contributed by atoms with E-state index in [1.54, 1.807) is 12.1 Å². The summed E-state index contributed by atoms with van der Waals surface area (Å²) in [6.45, 7) is 12.0. The zero-order valence-electron chi connectivity index (χ0n) is 14.6. The number of rotatable bonds is 5. The van der Waals surface area contributed by atoms with Gasteiger partial charge in [-0.3, -0.25) is 4.90 Å². The molecule has 2 N–H and O–H groups in total. The molecule has 0 saturated carbocycles. The minimum atomic E-state index is -0.247. The van der Waals surface area contributed by atoms with E-state index in [1.165, 1.54) is 5.56 Å². The molecular weight excluding hydrogens is 348 g/mol. The van der Waals surface area contributed by atoms with Gasteiger partial charge in [0.2, 0.25) is 0 Å². The quantitative estimate of drug-likeness (QED) is 0.779. The number of carbonyl (C=O) groups is 1. The Hall–Kier alpha value is -2.55. The number of hydrogen-bond acceptors (Lipinski definition) is 2. The van der Waals surface area contributed by atoms with Crippen molar-refractivity contribution < 1.29 is 4.79 Å². The zero-order chi connectivity index (χ0) is 18.6. The van der Waals surface area contributed by atoms with Gasteiger partial charge in [-0.15, -0.1) is 0 Å². The molecule has 1 heterocycles. The molecule has 2 aromatic carbocycles. The molecule has 0 aliphatic carbocycles. The van der Waals surface area contributed by atoms with Crippen LogP contribution in [0, 0.1) is 6.57 Å². The van der Waals surface area contributed by atoms with E-state index in [0.29, 0.717) is 11.6 Å². The molecule has 6 heteroatoms. The molecule has 0 spiro atoms. The monoisotopic (exact) mass is 368 g/mol. The first-order valence-electron chi connectivity index (χ1n) is 8.45. The Morgan fingerprint density at radius 3 is 2.38 bits per heavy atom. The Bertz CT molecular complexity index is 805. The molecule has 2 aromatic rings. The number of likely N-dealkylation sites (tertiary alicyclic amines) is 1. The van der Waals surface area contributed by atoms with Crippen LogP contribution in [0.5, 0.6) is 0 Å². The van der Waals surface area contributed by atoms with Crippen molar-refractivity contribution in [3.63, 3.8) is 0 Å². The summed E-state index contributed by atoms with van der Waals surface area (Å²) in [5.74, 6) is 0. The maximum absolute atomic E-state index is 12.0. The third kappa shape index (κ3) is 4.75. The molecule has 0 radical (unpaired) electrons. The van der Waals surface area contributed by atoms with Gasteiger partial charge in [0.05, 0.1) is 13.1 Å². The number of urea groups is 1.